The van der Waals surface area contributed by atoms with Gasteiger partial charge in [0.1, 0.15) is 0 Å². The Hall–Kier alpha value is -6.00. The van der Waals surface area contributed by atoms with E-state index < -0.39 is 0 Å². The molecule has 0 fully saturated rings. The molecule has 0 aromatic heterocycles. The monoisotopic (exact) mass is 912 g/mol. The minimum absolute atomic E-state index is 0.132. The van der Waals surface area contributed by atoms with E-state index in [0.717, 1.165) is 0 Å². The molecule has 0 saturated carbocycles. The lowest BCUT2D eigenvalue weighted by molar-refractivity contribution is 0.685. The summed E-state index contributed by atoms with van der Waals surface area (Å²) >= 11 is 0. The van der Waals surface area contributed by atoms with Crippen LogP contribution in [0.2, 0.25) is 0 Å². The summed E-state index contributed by atoms with van der Waals surface area (Å²) in [6.45, 7) is 0.132. The first kappa shape index (κ1) is 41.8. The number of nitrogens with zero attached hydrogens (tertiary/aromatic N) is 3. The average molecular weight is 912 g/mol. The Labute approximate surface area is 417 Å². The van der Waals surface area contributed by atoms with Gasteiger partial charge in [0, 0.05) is 45.5 Å². The first-order chi connectivity index (χ1) is 34.7. The van der Waals surface area contributed by atoms with Crippen LogP contribution < -0.4 is 31.1 Å². The largest absolute Gasteiger partial charge is 0.311 e. The van der Waals surface area contributed by atoms with Crippen LogP contribution in [0, 0.1) is 0 Å². The van der Waals surface area contributed by atoms with Crippen molar-refractivity contribution in [3.8, 4) is 0 Å². The highest BCUT2D eigenvalue weighted by Gasteiger charge is 2.45. The van der Waals surface area contributed by atoms with Gasteiger partial charge in [0.2, 0.25) is 0 Å². The highest BCUT2D eigenvalue weighted by Crippen LogP contribution is 2.50. The molecule has 3 nitrogen and oxygen atoms in total. The van der Waals surface area contributed by atoms with Crippen molar-refractivity contribution in [2.45, 2.75) is 154 Å². The van der Waals surface area contributed by atoms with Gasteiger partial charge in [-0.3, -0.25) is 0 Å². The van der Waals surface area contributed by atoms with Crippen LogP contribution in [-0.2, 0) is 77.0 Å². The van der Waals surface area contributed by atoms with Crippen molar-refractivity contribution in [3.05, 3.63) is 176 Å². The van der Waals surface area contributed by atoms with Crippen LogP contribution in [0.4, 0.5) is 51.2 Å². The molecule has 7 aromatic carbocycles. The zero-order valence-electron chi connectivity index (χ0n) is 41.3. The lowest BCUT2D eigenvalue weighted by atomic mass is 9.33. The van der Waals surface area contributed by atoms with Crippen molar-refractivity contribution in [1.29, 1.82) is 0 Å². The number of fused-ring (bicyclic) bond motifs is 10. The van der Waals surface area contributed by atoms with E-state index in [1.54, 1.807) is 55.6 Å². The Balaban J connectivity index is 1.05. The van der Waals surface area contributed by atoms with Crippen LogP contribution >= 0.6 is 0 Å². The number of hydrogen-bond acceptors (Lipinski definition) is 3. The van der Waals surface area contributed by atoms with Crippen LogP contribution in [0.3, 0.4) is 0 Å². The molecule has 2 heterocycles. The third-order valence-electron chi connectivity index (χ3n) is 18.6. The lowest BCUT2D eigenvalue weighted by Gasteiger charge is -2.46. The molecular weight excluding hydrogens is 846 g/mol. The second-order valence-electron chi connectivity index (χ2n) is 22.8. The smallest absolute Gasteiger partial charge is 0.252 e. The van der Waals surface area contributed by atoms with E-state index in [9.17, 15) is 0 Å². The summed E-state index contributed by atoms with van der Waals surface area (Å²) in [4.78, 5) is 8.21. The number of anilines is 9. The quantitative estimate of drug-likeness (QED) is 0.159. The average Bonchev–Trinajstić information content (AvgIpc) is 3.41. The van der Waals surface area contributed by atoms with Crippen molar-refractivity contribution in [2.24, 2.45) is 0 Å². The molecule has 348 valence electrons. The highest BCUT2D eigenvalue weighted by atomic mass is 15.2. The summed E-state index contributed by atoms with van der Waals surface area (Å²) in [6, 6.07) is 46.3. The van der Waals surface area contributed by atoms with Crippen LogP contribution in [0.15, 0.2) is 109 Å². The standard InChI is InChI=1S/C66H66BN3/c1-5-17-47-33-55(29-25-43(47)13-1)68(56-30-26-44-14-2-6-18-48(44)34-56)59-41-64-66-65(42-59)70(58-32-28-46-16-4-8-20-50(46)36-58)63-40-54-24-12-10-22-52(54)38-61(63)67(66)60-37-51-21-9-11-23-53(51)39-62(60)69(64)57-31-27-45-15-3-7-19-49(45)35-57/h25-42H,1-24H2. The van der Waals surface area contributed by atoms with E-state index >= 15 is 0 Å². The lowest BCUT2D eigenvalue weighted by Crippen LogP contribution is -2.61. The molecule has 0 atom stereocenters. The number of benzene rings is 7. The van der Waals surface area contributed by atoms with Gasteiger partial charge in [0.25, 0.3) is 6.71 Å². The fourth-order valence-corrected chi connectivity index (χ4v) is 15.0. The Morgan fingerprint density at radius 2 is 0.586 bits per heavy atom. The van der Waals surface area contributed by atoms with Crippen molar-refractivity contribution in [2.75, 3.05) is 14.7 Å². The van der Waals surface area contributed by atoms with Crippen molar-refractivity contribution in [3.63, 3.8) is 0 Å². The summed E-state index contributed by atoms with van der Waals surface area (Å²) in [5.74, 6) is 0. The molecule has 0 saturated heterocycles. The second-order valence-corrected chi connectivity index (χ2v) is 22.8. The molecule has 70 heavy (non-hydrogen) atoms. The van der Waals surface area contributed by atoms with Crippen LogP contribution in [0.1, 0.15) is 144 Å². The summed E-state index contributed by atoms with van der Waals surface area (Å²) in [6.07, 6.45) is 29.6. The van der Waals surface area contributed by atoms with E-state index in [2.05, 4.69) is 124 Å². The van der Waals surface area contributed by atoms with Gasteiger partial charge >= 0.3 is 0 Å². The van der Waals surface area contributed by atoms with Gasteiger partial charge in [-0.25, -0.2) is 0 Å². The first-order valence-corrected chi connectivity index (χ1v) is 28.0. The molecule has 0 amide bonds. The Morgan fingerprint density at radius 1 is 0.271 bits per heavy atom. The minimum Gasteiger partial charge on any atom is -0.311 e. The molecule has 15 rings (SSSR count). The zero-order chi connectivity index (χ0) is 45.9. The predicted octanol–water partition coefficient (Wildman–Crippen LogP) is 14.5. The molecule has 7 aromatic rings. The number of hydrogen-bond donors (Lipinski definition) is 0. The van der Waals surface area contributed by atoms with E-state index in [0.29, 0.717) is 0 Å². The molecule has 0 radical (unpaired) electrons. The van der Waals surface area contributed by atoms with Gasteiger partial charge in [0.05, 0.1) is 5.69 Å². The Bertz CT molecular complexity index is 3070. The molecule has 0 N–H and O–H groups in total. The van der Waals surface area contributed by atoms with Gasteiger partial charge in [0.15, 0.2) is 0 Å². The summed E-state index contributed by atoms with van der Waals surface area (Å²) in [7, 11) is 0. The minimum atomic E-state index is 0.132. The van der Waals surface area contributed by atoms with Crippen molar-refractivity contribution < 1.29 is 0 Å². The molecule has 0 unspecified atom stereocenters. The maximum absolute atomic E-state index is 2.77. The van der Waals surface area contributed by atoms with Crippen molar-refractivity contribution in [1.82, 2.24) is 0 Å². The molecule has 2 aliphatic heterocycles. The van der Waals surface area contributed by atoms with Gasteiger partial charge in [-0.05, 0) is 310 Å². The predicted molar refractivity (Wildman–Crippen MR) is 295 cm³/mol. The topological polar surface area (TPSA) is 9.72 Å². The summed E-state index contributed by atoms with van der Waals surface area (Å²) in [5.41, 5.74) is 35.1. The van der Waals surface area contributed by atoms with Crippen LogP contribution in [0.5, 0.6) is 0 Å². The van der Waals surface area contributed by atoms with Crippen LogP contribution in [0.25, 0.3) is 0 Å². The van der Waals surface area contributed by atoms with E-state index in [-0.39, 0.29) is 6.71 Å². The maximum Gasteiger partial charge on any atom is 0.252 e. The van der Waals surface area contributed by atoms with E-state index in [1.807, 2.05) is 0 Å². The highest BCUT2D eigenvalue weighted by molar-refractivity contribution is 7.00. The molecule has 6 aliphatic carbocycles. The second kappa shape index (κ2) is 16.8. The normalized spacial score (nSPS) is 18.3. The Kier molecular flexibility index (Phi) is 10.0. The molecule has 4 heteroatoms. The number of rotatable bonds is 5. The van der Waals surface area contributed by atoms with Gasteiger partial charge in [-0.1, -0.05) is 36.4 Å². The SMILES string of the molecule is c1cc2c(cc1N(c1ccc3c(c1)CCCC3)c1cc3c4c(c1)N(c1ccc5c(c1)CCCC5)c1cc5c(cc1B4c1cc4c(cc1N3c1ccc3c(c1)CCCC3)CCCC4)CCCC5)CCCC2. The van der Waals surface area contributed by atoms with Gasteiger partial charge < -0.3 is 14.7 Å². The van der Waals surface area contributed by atoms with Crippen molar-refractivity contribution >= 4 is 74.3 Å². The van der Waals surface area contributed by atoms with Crippen LogP contribution in [-0.4, -0.2) is 6.71 Å². The fraction of sp³-hybridized carbons (Fsp3) is 0.364. The maximum atomic E-state index is 2.77. The van der Waals surface area contributed by atoms with E-state index in [4.69, 9.17) is 0 Å². The summed E-state index contributed by atoms with van der Waals surface area (Å²) in [5, 5.41) is 0. The summed E-state index contributed by atoms with van der Waals surface area (Å²) < 4.78 is 0. The zero-order valence-corrected chi connectivity index (χ0v) is 41.3. The number of aryl methyl sites for hydroxylation is 12. The van der Waals surface area contributed by atoms with Gasteiger partial charge in [-0.2, -0.15) is 0 Å². The molecular formula is C66H66BN3. The molecule has 0 bridgehead atoms. The first-order valence-electron chi connectivity index (χ1n) is 28.0. The third-order valence-corrected chi connectivity index (χ3v) is 18.6. The third kappa shape index (κ3) is 6.82. The molecule has 0 spiro atoms. The fourth-order valence-electron chi connectivity index (χ4n) is 15.0. The molecule has 8 aliphatic rings. The van der Waals surface area contributed by atoms with Gasteiger partial charge in [-0.15, -0.1) is 0 Å². The van der Waals surface area contributed by atoms with E-state index in [1.165, 1.54) is 233 Å². The Morgan fingerprint density at radius 3 is 0.971 bits per heavy atom.